The lowest BCUT2D eigenvalue weighted by Crippen LogP contribution is -2.33. The Morgan fingerprint density at radius 1 is 0.968 bits per heavy atom. The molecule has 0 aliphatic rings. The van der Waals surface area contributed by atoms with Gasteiger partial charge in [0, 0.05) is 23.0 Å². The number of amides is 2. The first-order valence-electron chi connectivity index (χ1n) is 9.49. The normalized spacial score (nSPS) is 10.5. The van der Waals surface area contributed by atoms with E-state index in [4.69, 9.17) is 11.6 Å². The molecule has 0 fully saturated rings. The molecule has 2 heterocycles. The zero-order chi connectivity index (χ0) is 21.6. The van der Waals surface area contributed by atoms with Crippen LogP contribution >= 0.6 is 11.6 Å². The van der Waals surface area contributed by atoms with Gasteiger partial charge in [-0.15, -0.1) is 0 Å². The number of hydrogen-bond acceptors (Lipinski definition) is 4. The third kappa shape index (κ3) is 4.96. The van der Waals surface area contributed by atoms with E-state index in [2.05, 4.69) is 20.7 Å². The first-order valence-corrected chi connectivity index (χ1v) is 9.87. The fraction of sp³-hybridized carbons (Fsp3) is 0.0435. The highest BCUT2D eigenvalue weighted by atomic mass is 35.5. The van der Waals surface area contributed by atoms with Crippen LogP contribution in [-0.2, 0) is 4.79 Å². The summed E-state index contributed by atoms with van der Waals surface area (Å²) >= 11 is 6.00. The molecule has 2 aromatic heterocycles. The van der Waals surface area contributed by atoms with Gasteiger partial charge in [0.05, 0.1) is 29.7 Å². The Morgan fingerprint density at radius 2 is 1.74 bits per heavy atom. The largest absolute Gasteiger partial charge is 0.343 e. The lowest BCUT2D eigenvalue weighted by atomic mass is 10.1. The Morgan fingerprint density at radius 3 is 2.45 bits per heavy atom. The monoisotopic (exact) mass is 431 g/mol. The number of halogens is 1. The highest BCUT2D eigenvalue weighted by molar-refractivity contribution is 6.30. The number of anilines is 1. The summed E-state index contributed by atoms with van der Waals surface area (Å²) in [4.78, 5) is 29.0. The van der Waals surface area contributed by atoms with Crippen molar-refractivity contribution in [1.29, 1.82) is 0 Å². The molecule has 2 N–H and O–H groups in total. The van der Waals surface area contributed by atoms with Crippen molar-refractivity contribution in [2.75, 3.05) is 11.9 Å². The van der Waals surface area contributed by atoms with E-state index in [1.807, 2.05) is 30.3 Å². The molecule has 0 spiro atoms. The van der Waals surface area contributed by atoms with E-state index in [0.717, 1.165) is 11.3 Å². The molecular weight excluding hydrogens is 414 g/mol. The van der Waals surface area contributed by atoms with Gasteiger partial charge in [-0.1, -0.05) is 41.9 Å². The number of nitrogens with zero attached hydrogens (tertiary/aromatic N) is 3. The molecule has 0 atom stereocenters. The predicted molar refractivity (Wildman–Crippen MR) is 119 cm³/mol. The van der Waals surface area contributed by atoms with Gasteiger partial charge >= 0.3 is 0 Å². The van der Waals surface area contributed by atoms with Crippen molar-refractivity contribution < 1.29 is 9.59 Å². The van der Waals surface area contributed by atoms with E-state index in [-0.39, 0.29) is 12.5 Å². The van der Waals surface area contributed by atoms with Gasteiger partial charge in [-0.05, 0) is 36.4 Å². The van der Waals surface area contributed by atoms with Crippen LogP contribution in [0.4, 0.5) is 5.69 Å². The molecule has 0 aliphatic heterocycles. The standard InChI is InChI=1S/C23H18ClN5O2/c24-17-10-8-16(9-11-17)22-20(15-29(28-22)19-6-2-1-3-7-19)23(31)26-14-21(30)27-18-5-4-12-25-13-18/h1-13,15H,14H2,(H,26,31)(H,27,30). The number of pyridine rings is 1. The van der Waals surface area contributed by atoms with E-state index in [0.29, 0.717) is 22.0 Å². The minimum absolute atomic E-state index is 0.190. The summed E-state index contributed by atoms with van der Waals surface area (Å²) in [6.07, 6.45) is 4.79. The van der Waals surface area contributed by atoms with Crippen molar-refractivity contribution in [3.05, 3.63) is 95.9 Å². The van der Waals surface area contributed by atoms with Gasteiger partial charge in [-0.25, -0.2) is 4.68 Å². The number of carbonyl (C=O) groups is 2. The Hall–Kier alpha value is -3.97. The minimum Gasteiger partial charge on any atom is -0.343 e. The third-order valence-electron chi connectivity index (χ3n) is 4.45. The minimum atomic E-state index is -0.409. The first-order chi connectivity index (χ1) is 15.1. The second kappa shape index (κ2) is 9.23. The lowest BCUT2D eigenvalue weighted by molar-refractivity contribution is -0.115. The van der Waals surface area contributed by atoms with Crippen LogP contribution in [0.5, 0.6) is 0 Å². The van der Waals surface area contributed by atoms with Gasteiger partial charge in [0.25, 0.3) is 5.91 Å². The van der Waals surface area contributed by atoms with Crippen LogP contribution in [-0.4, -0.2) is 33.1 Å². The van der Waals surface area contributed by atoms with Crippen molar-refractivity contribution in [2.24, 2.45) is 0 Å². The van der Waals surface area contributed by atoms with Crippen LogP contribution in [0.1, 0.15) is 10.4 Å². The number of aromatic nitrogens is 3. The molecule has 0 radical (unpaired) electrons. The average Bonchev–Trinajstić information content (AvgIpc) is 3.25. The van der Waals surface area contributed by atoms with Gasteiger partial charge in [0.2, 0.25) is 5.91 Å². The van der Waals surface area contributed by atoms with Gasteiger partial charge in [-0.3, -0.25) is 14.6 Å². The Balaban J connectivity index is 1.56. The SMILES string of the molecule is O=C(CNC(=O)c1cn(-c2ccccc2)nc1-c1ccc(Cl)cc1)Nc1cccnc1. The van der Waals surface area contributed by atoms with Crippen LogP contribution in [0, 0.1) is 0 Å². The molecule has 0 saturated heterocycles. The maximum absolute atomic E-state index is 12.9. The van der Waals surface area contributed by atoms with Gasteiger partial charge in [-0.2, -0.15) is 5.10 Å². The van der Waals surface area contributed by atoms with Crippen LogP contribution in [0.15, 0.2) is 85.3 Å². The molecule has 8 heteroatoms. The molecule has 0 unspecified atom stereocenters. The zero-order valence-electron chi connectivity index (χ0n) is 16.3. The smallest absolute Gasteiger partial charge is 0.255 e. The molecule has 2 aromatic carbocycles. The quantitative estimate of drug-likeness (QED) is 0.483. The van der Waals surface area contributed by atoms with E-state index in [1.165, 1.54) is 6.20 Å². The summed E-state index contributed by atoms with van der Waals surface area (Å²) in [6, 6.07) is 20.0. The molecule has 7 nitrogen and oxygen atoms in total. The van der Waals surface area contributed by atoms with Gasteiger partial charge in [0.1, 0.15) is 5.69 Å². The molecule has 31 heavy (non-hydrogen) atoms. The summed E-state index contributed by atoms with van der Waals surface area (Å²) in [6.45, 7) is -0.190. The fourth-order valence-corrected chi connectivity index (χ4v) is 3.10. The number of nitrogens with one attached hydrogen (secondary N) is 2. The number of rotatable bonds is 6. The number of hydrogen-bond donors (Lipinski definition) is 2. The van der Waals surface area contributed by atoms with Crippen molar-refractivity contribution in [3.63, 3.8) is 0 Å². The average molecular weight is 432 g/mol. The van der Waals surface area contributed by atoms with E-state index in [9.17, 15) is 9.59 Å². The Labute approximate surface area is 183 Å². The summed E-state index contributed by atoms with van der Waals surface area (Å²) in [5, 5.41) is 10.5. The predicted octanol–water partition coefficient (Wildman–Crippen LogP) is 3.96. The van der Waals surface area contributed by atoms with Gasteiger partial charge in [0.15, 0.2) is 0 Å². The molecule has 4 rings (SSSR count). The number of carbonyl (C=O) groups excluding carboxylic acids is 2. The Kier molecular flexibility index (Phi) is 6.05. The molecule has 0 bridgehead atoms. The van der Waals surface area contributed by atoms with Crippen LogP contribution in [0.2, 0.25) is 5.02 Å². The molecule has 0 saturated carbocycles. The second-order valence-corrected chi connectivity index (χ2v) is 7.09. The third-order valence-corrected chi connectivity index (χ3v) is 4.70. The summed E-state index contributed by atoms with van der Waals surface area (Å²) in [7, 11) is 0. The highest BCUT2D eigenvalue weighted by Gasteiger charge is 2.19. The maximum atomic E-state index is 12.9. The highest BCUT2D eigenvalue weighted by Crippen LogP contribution is 2.25. The van der Waals surface area contributed by atoms with Crippen molar-refractivity contribution >= 4 is 29.1 Å². The molecule has 0 aliphatic carbocycles. The van der Waals surface area contributed by atoms with Crippen molar-refractivity contribution in [3.8, 4) is 16.9 Å². The zero-order valence-corrected chi connectivity index (χ0v) is 17.1. The van der Waals surface area contributed by atoms with Crippen LogP contribution in [0.25, 0.3) is 16.9 Å². The van der Waals surface area contributed by atoms with Crippen LogP contribution < -0.4 is 10.6 Å². The molecule has 4 aromatic rings. The maximum Gasteiger partial charge on any atom is 0.255 e. The summed E-state index contributed by atoms with van der Waals surface area (Å²) in [5.74, 6) is -0.765. The van der Waals surface area contributed by atoms with E-state index in [1.54, 1.807) is 53.5 Å². The molecule has 2 amide bonds. The lowest BCUT2D eigenvalue weighted by Gasteiger charge is -2.07. The van der Waals surface area contributed by atoms with Gasteiger partial charge < -0.3 is 10.6 Å². The van der Waals surface area contributed by atoms with Crippen LogP contribution in [0.3, 0.4) is 0 Å². The fourth-order valence-electron chi connectivity index (χ4n) is 2.97. The molecular formula is C23H18ClN5O2. The number of para-hydroxylation sites is 1. The second-order valence-electron chi connectivity index (χ2n) is 6.65. The van der Waals surface area contributed by atoms with Crippen molar-refractivity contribution in [2.45, 2.75) is 0 Å². The van der Waals surface area contributed by atoms with E-state index >= 15 is 0 Å². The summed E-state index contributed by atoms with van der Waals surface area (Å²) in [5.41, 5.74) is 2.95. The van der Waals surface area contributed by atoms with E-state index < -0.39 is 5.91 Å². The first kappa shape index (κ1) is 20.3. The van der Waals surface area contributed by atoms with Crippen molar-refractivity contribution in [1.82, 2.24) is 20.1 Å². The number of benzene rings is 2. The molecule has 154 valence electrons. The topological polar surface area (TPSA) is 88.9 Å². The Bertz CT molecular complexity index is 1190. The summed E-state index contributed by atoms with van der Waals surface area (Å²) < 4.78 is 1.63.